The number of amides is 1. The van der Waals surface area contributed by atoms with Crippen LogP contribution < -0.4 is 11.1 Å². The topological polar surface area (TPSA) is 172 Å². The second-order valence-electron chi connectivity index (χ2n) is 9.98. The maximum atomic E-state index is 10.5. The van der Waals surface area contributed by atoms with Gasteiger partial charge in [0.05, 0.1) is 12.1 Å². The van der Waals surface area contributed by atoms with E-state index in [2.05, 4.69) is 45.6 Å². The second-order valence-corrected chi connectivity index (χ2v) is 11.3. The van der Waals surface area contributed by atoms with Crippen LogP contribution in [0.15, 0.2) is 35.5 Å². The first-order valence-electron chi connectivity index (χ1n) is 12.9. The van der Waals surface area contributed by atoms with Gasteiger partial charge in [0, 0.05) is 17.2 Å². The summed E-state index contributed by atoms with van der Waals surface area (Å²) in [5.74, 6) is 1.19. The van der Waals surface area contributed by atoms with E-state index < -0.39 is 18.3 Å². The average molecular weight is 528 g/mol. The van der Waals surface area contributed by atoms with Crippen molar-refractivity contribution in [3.63, 3.8) is 0 Å². The molecule has 0 bridgehead atoms. The third-order valence-electron chi connectivity index (χ3n) is 7.33. The molecule has 12 heteroatoms. The number of aliphatic hydroxyl groups is 2. The summed E-state index contributed by atoms with van der Waals surface area (Å²) >= 11 is 1.75. The summed E-state index contributed by atoms with van der Waals surface area (Å²) in [6.45, 7) is 0. The molecule has 3 fully saturated rings. The largest absolute Gasteiger partial charge is 0.465 e. The zero-order valence-electron chi connectivity index (χ0n) is 20.5. The van der Waals surface area contributed by atoms with E-state index in [0.717, 1.165) is 17.4 Å². The number of carboxylic acid groups (broad SMARTS) is 1. The Morgan fingerprint density at radius 3 is 2.46 bits per heavy atom. The van der Waals surface area contributed by atoms with Crippen LogP contribution in [0.2, 0.25) is 0 Å². The molecule has 5 atom stereocenters. The number of rotatable bonds is 6. The summed E-state index contributed by atoms with van der Waals surface area (Å²) in [6.07, 6.45) is 5.55. The Morgan fingerprint density at radius 1 is 1.05 bits per heavy atom. The van der Waals surface area contributed by atoms with Crippen molar-refractivity contribution < 1.29 is 20.1 Å². The lowest BCUT2D eigenvalue weighted by molar-refractivity contribution is 0.0215. The van der Waals surface area contributed by atoms with Gasteiger partial charge in [0.1, 0.15) is 6.10 Å². The van der Waals surface area contributed by atoms with Crippen LogP contribution in [0.1, 0.15) is 68.9 Å². The number of thioether (sulfide) groups is 1. The SMILES string of the molecule is NC(=O)O.O[C@H]1[C@@H](O)CC[C@@H]1n1nnc2c(N[C@@H]3C[C@H]3c3ccccc3)nc(SC3CCCCC3)nc21. The molecule has 11 nitrogen and oxygen atoms in total. The lowest BCUT2D eigenvalue weighted by atomic mass is 10.0. The Labute approximate surface area is 218 Å². The van der Waals surface area contributed by atoms with Gasteiger partial charge in [-0.15, -0.1) is 5.10 Å². The highest BCUT2D eigenvalue weighted by molar-refractivity contribution is 7.99. The molecule has 2 heterocycles. The van der Waals surface area contributed by atoms with Crippen molar-refractivity contribution in [3.05, 3.63) is 35.9 Å². The normalized spacial score (nSPS) is 27.5. The maximum Gasteiger partial charge on any atom is 0.402 e. The number of primary amides is 1. The van der Waals surface area contributed by atoms with E-state index >= 15 is 0 Å². The molecule has 6 rings (SSSR count). The Bertz CT molecular complexity index is 1220. The van der Waals surface area contributed by atoms with Crippen molar-refractivity contribution in [1.82, 2.24) is 25.0 Å². The molecule has 198 valence electrons. The number of aliphatic hydroxyl groups excluding tert-OH is 2. The third kappa shape index (κ3) is 5.97. The highest BCUT2D eigenvalue weighted by Crippen LogP contribution is 2.44. The third-order valence-corrected chi connectivity index (χ3v) is 8.53. The number of anilines is 1. The molecule has 3 aliphatic carbocycles. The van der Waals surface area contributed by atoms with Gasteiger partial charge < -0.3 is 26.4 Å². The van der Waals surface area contributed by atoms with Crippen LogP contribution in [0.3, 0.4) is 0 Å². The van der Waals surface area contributed by atoms with Crippen LogP contribution in [-0.2, 0) is 0 Å². The number of fused-ring (bicyclic) bond motifs is 1. The molecule has 1 amide bonds. The number of carbonyl (C=O) groups is 1. The summed E-state index contributed by atoms with van der Waals surface area (Å²) in [4.78, 5) is 18.5. The standard InChI is InChI=1S/C24H30N6O2S.CH3NO2/c31-19-12-11-18(21(19)32)30-23-20(28-29-30)22(25-17-13-16(17)14-7-3-1-4-8-14)26-24(27-23)33-15-9-5-2-6-10-15;2-1(3)4/h1,3-4,7-8,15-19,21,31-32H,2,5-6,9-13H2,(H,25,26,27);2H2,(H,3,4)/t16-,17+,18-,19-,21+;/m0./s1. The molecular weight excluding hydrogens is 494 g/mol. The van der Waals surface area contributed by atoms with Crippen molar-refractivity contribution in [1.29, 1.82) is 0 Å². The van der Waals surface area contributed by atoms with Crippen LogP contribution in [0.25, 0.3) is 11.2 Å². The Morgan fingerprint density at radius 2 is 1.78 bits per heavy atom. The molecule has 0 spiro atoms. The number of nitrogens with zero attached hydrogens (tertiary/aromatic N) is 5. The summed E-state index contributed by atoms with van der Waals surface area (Å²) in [5.41, 5.74) is 6.64. The second kappa shape index (κ2) is 11.2. The molecule has 3 saturated carbocycles. The monoisotopic (exact) mass is 527 g/mol. The van der Waals surface area contributed by atoms with Crippen LogP contribution in [0.5, 0.6) is 0 Å². The van der Waals surface area contributed by atoms with E-state index in [4.69, 9.17) is 19.9 Å². The van der Waals surface area contributed by atoms with Gasteiger partial charge in [-0.05, 0) is 37.7 Å². The van der Waals surface area contributed by atoms with Gasteiger partial charge in [0.15, 0.2) is 22.1 Å². The van der Waals surface area contributed by atoms with Gasteiger partial charge >= 0.3 is 6.09 Å². The lowest BCUT2D eigenvalue weighted by Gasteiger charge is -2.20. The van der Waals surface area contributed by atoms with Crippen LogP contribution in [-0.4, -0.2) is 69.9 Å². The minimum atomic E-state index is -1.33. The zero-order chi connectivity index (χ0) is 25.9. The summed E-state index contributed by atoms with van der Waals surface area (Å²) in [7, 11) is 0. The molecule has 0 radical (unpaired) electrons. The number of nitrogens with one attached hydrogen (secondary N) is 1. The molecule has 0 aliphatic heterocycles. The number of benzene rings is 1. The van der Waals surface area contributed by atoms with Crippen LogP contribution >= 0.6 is 11.8 Å². The van der Waals surface area contributed by atoms with Crippen LogP contribution in [0, 0.1) is 0 Å². The predicted octanol–water partition coefficient (Wildman–Crippen LogP) is 3.29. The average Bonchev–Trinajstić information content (AvgIpc) is 3.40. The fourth-order valence-electron chi connectivity index (χ4n) is 5.32. The zero-order valence-corrected chi connectivity index (χ0v) is 21.3. The van der Waals surface area contributed by atoms with E-state index in [1.165, 1.54) is 37.7 Å². The summed E-state index contributed by atoms with van der Waals surface area (Å²) in [5, 5.41) is 41.4. The Hall–Kier alpha value is -2.96. The van der Waals surface area contributed by atoms with Gasteiger partial charge in [-0.1, -0.05) is 66.6 Å². The lowest BCUT2D eigenvalue weighted by Crippen LogP contribution is -2.28. The molecule has 37 heavy (non-hydrogen) atoms. The van der Waals surface area contributed by atoms with Crippen molar-refractivity contribution in [3.8, 4) is 0 Å². The number of nitrogens with two attached hydrogens (primary N) is 1. The number of aromatic nitrogens is 5. The van der Waals surface area contributed by atoms with Crippen molar-refractivity contribution in [2.45, 2.75) is 92.0 Å². The van der Waals surface area contributed by atoms with Gasteiger partial charge in [-0.25, -0.2) is 19.4 Å². The van der Waals surface area contributed by atoms with Crippen LogP contribution in [0.4, 0.5) is 10.6 Å². The van der Waals surface area contributed by atoms with E-state index in [-0.39, 0.29) is 6.04 Å². The van der Waals surface area contributed by atoms with E-state index in [1.54, 1.807) is 16.4 Å². The molecule has 2 aromatic heterocycles. The highest BCUT2D eigenvalue weighted by atomic mass is 32.2. The summed E-state index contributed by atoms with van der Waals surface area (Å²) in [6, 6.07) is 10.5. The quantitative estimate of drug-likeness (QED) is 0.299. The highest BCUT2D eigenvalue weighted by Gasteiger charge is 2.40. The fraction of sp³-hybridized carbons (Fsp3) is 0.560. The minimum Gasteiger partial charge on any atom is -0.465 e. The van der Waals surface area contributed by atoms with Crippen molar-refractivity contribution in [2.75, 3.05) is 5.32 Å². The first-order chi connectivity index (χ1) is 17.9. The number of hydrogen-bond donors (Lipinski definition) is 5. The van der Waals surface area contributed by atoms with Gasteiger partial charge in [-0.2, -0.15) is 0 Å². The summed E-state index contributed by atoms with van der Waals surface area (Å²) < 4.78 is 1.70. The molecule has 0 saturated heterocycles. The van der Waals surface area contributed by atoms with E-state index in [0.29, 0.717) is 41.2 Å². The number of hydrogen-bond acceptors (Lipinski definition) is 9. The van der Waals surface area contributed by atoms with Gasteiger partial charge in [0.25, 0.3) is 0 Å². The van der Waals surface area contributed by atoms with Crippen molar-refractivity contribution >= 4 is 34.8 Å². The fourth-order valence-corrected chi connectivity index (χ4v) is 6.47. The van der Waals surface area contributed by atoms with Gasteiger partial charge in [0.2, 0.25) is 0 Å². The molecule has 1 aromatic carbocycles. The van der Waals surface area contributed by atoms with E-state index in [9.17, 15) is 10.2 Å². The molecule has 0 unspecified atom stereocenters. The molecule has 6 N–H and O–H groups in total. The predicted molar refractivity (Wildman–Crippen MR) is 140 cm³/mol. The molecular formula is C25H33N7O4S. The molecule has 3 aromatic rings. The van der Waals surface area contributed by atoms with Crippen molar-refractivity contribution in [2.24, 2.45) is 5.73 Å². The minimum absolute atomic E-state index is 0.307. The molecule has 3 aliphatic rings. The first kappa shape index (κ1) is 25.7. The van der Waals surface area contributed by atoms with Gasteiger partial charge in [-0.3, -0.25) is 0 Å². The Balaban J connectivity index is 0.000000655. The smallest absolute Gasteiger partial charge is 0.402 e. The maximum absolute atomic E-state index is 10.5. The Kier molecular flexibility index (Phi) is 7.77. The van der Waals surface area contributed by atoms with E-state index in [1.807, 2.05) is 6.07 Å². The first-order valence-corrected chi connectivity index (χ1v) is 13.7.